The summed E-state index contributed by atoms with van der Waals surface area (Å²) >= 11 is 1.64. The van der Waals surface area contributed by atoms with Gasteiger partial charge in [-0.1, -0.05) is 12.1 Å². The Balaban J connectivity index is 2.04. The fourth-order valence-electron chi connectivity index (χ4n) is 1.52. The predicted molar refractivity (Wildman–Crippen MR) is 72.6 cm³/mol. The van der Waals surface area contributed by atoms with E-state index in [2.05, 4.69) is 0 Å². The Morgan fingerprint density at radius 3 is 2.56 bits per heavy atom. The second-order valence-electron chi connectivity index (χ2n) is 3.85. The molecule has 4 heteroatoms. The van der Waals surface area contributed by atoms with E-state index in [9.17, 15) is 9.90 Å². The van der Waals surface area contributed by atoms with Crippen molar-refractivity contribution in [3.8, 4) is 5.75 Å². The van der Waals surface area contributed by atoms with Crippen molar-refractivity contribution in [1.29, 1.82) is 0 Å². The van der Waals surface area contributed by atoms with E-state index in [0.29, 0.717) is 5.56 Å². The Bertz CT molecular complexity index is 552. The molecular weight excluding hydrogens is 246 g/mol. The van der Waals surface area contributed by atoms with Crippen molar-refractivity contribution in [2.24, 2.45) is 5.73 Å². The first kappa shape index (κ1) is 12.5. The Labute approximate surface area is 110 Å². The molecule has 0 spiro atoms. The van der Waals surface area contributed by atoms with E-state index >= 15 is 0 Å². The lowest BCUT2D eigenvalue weighted by Crippen LogP contribution is -2.10. The van der Waals surface area contributed by atoms with Crippen LogP contribution in [0.15, 0.2) is 53.4 Å². The molecule has 2 rings (SSSR count). The third kappa shape index (κ3) is 3.28. The zero-order valence-corrected chi connectivity index (χ0v) is 10.5. The lowest BCUT2D eigenvalue weighted by molar-refractivity contribution is 0.1000. The molecule has 0 unspecified atom stereocenters. The Morgan fingerprint density at radius 2 is 1.89 bits per heavy atom. The van der Waals surface area contributed by atoms with Crippen LogP contribution in [0, 0.1) is 0 Å². The molecule has 2 aromatic rings. The number of amides is 1. The van der Waals surface area contributed by atoms with Crippen molar-refractivity contribution < 1.29 is 9.90 Å². The van der Waals surface area contributed by atoms with Gasteiger partial charge in [-0.15, -0.1) is 11.8 Å². The SMILES string of the molecule is NC(=O)c1cccc(CSc2ccc(O)cc2)c1. The van der Waals surface area contributed by atoms with Crippen LogP contribution >= 0.6 is 11.8 Å². The van der Waals surface area contributed by atoms with Gasteiger partial charge in [-0.25, -0.2) is 0 Å². The Kier molecular flexibility index (Phi) is 3.89. The van der Waals surface area contributed by atoms with Crippen LogP contribution in [-0.4, -0.2) is 11.0 Å². The highest BCUT2D eigenvalue weighted by Crippen LogP contribution is 2.24. The van der Waals surface area contributed by atoms with Gasteiger partial charge >= 0.3 is 0 Å². The summed E-state index contributed by atoms with van der Waals surface area (Å²) in [6.07, 6.45) is 0. The molecule has 0 aromatic heterocycles. The summed E-state index contributed by atoms with van der Waals surface area (Å²) in [5, 5.41) is 9.18. The minimum Gasteiger partial charge on any atom is -0.508 e. The van der Waals surface area contributed by atoms with E-state index in [1.165, 1.54) is 0 Å². The van der Waals surface area contributed by atoms with E-state index in [1.54, 1.807) is 36.0 Å². The third-order valence-corrected chi connectivity index (χ3v) is 3.54. The lowest BCUT2D eigenvalue weighted by Gasteiger charge is -2.03. The van der Waals surface area contributed by atoms with E-state index in [4.69, 9.17) is 5.73 Å². The van der Waals surface area contributed by atoms with Crippen molar-refractivity contribution in [2.45, 2.75) is 10.6 Å². The van der Waals surface area contributed by atoms with Gasteiger partial charge in [0.2, 0.25) is 5.91 Å². The fourth-order valence-corrected chi connectivity index (χ4v) is 2.36. The maximum atomic E-state index is 11.1. The molecule has 0 aliphatic heterocycles. The molecule has 1 amide bonds. The topological polar surface area (TPSA) is 63.3 Å². The van der Waals surface area contributed by atoms with E-state index in [1.807, 2.05) is 24.3 Å². The van der Waals surface area contributed by atoms with Crippen molar-refractivity contribution in [2.75, 3.05) is 0 Å². The first-order valence-electron chi connectivity index (χ1n) is 5.46. The van der Waals surface area contributed by atoms with Crippen LogP contribution < -0.4 is 5.73 Å². The maximum Gasteiger partial charge on any atom is 0.248 e. The fraction of sp³-hybridized carbons (Fsp3) is 0.0714. The summed E-state index contributed by atoms with van der Waals surface area (Å²) in [6, 6.07) is 14.3. The summed E-state index contributed by atoms with van der Waals surface area (Å²) in [7, 11) is 0. The number of primary amides is 1. The molecule has 0 saturated carbocycles. The average Bonchev–Trinajstić information content (AvgIpc) is 2.38. The van der Waals surface area contributed by atoms with Crippen molar-refractivity contribution >= 4 is 17.7 Å². The molecule has 0 aliphatic carbocycles. The maximum absolute atomic E-state index is 11.1. The number of aromatic hydroxyl groups is 1. The highest BCUT2D eigenvalue weighted by atomic mass is 32.2. The number of nitrogens with two attached hydrogens (primary N) is 1. The minimum atomic E-state index is -0.411. The molecule has 0 aliphatic rings. The summed E-state index contributed by atoms with van der Waals surface area (Å²) in [5.41, 5.74) is 6.81. The van der Waals surface area contributed by atoms with Crippen molar-refractivity contribution in [3.05, 3.63) is 59.7 Å². The summed E-state index contributed by atoms with van der Waals surface area (Å²) in [4.78, 5) is 12.1. The van der Waals surface area contributed by atoms with Crippen LogP contribution in [-0.2, 0) is 5.75 Å². The Morgan fingerprint density at radius 1 is 1.17 bits per heavy atom. The van der Waals surface area contributed by atoms with Gasteiger partial charge in [-0.2, -0.15) is 0 Å². The predicted octanol–water partition coefficient (Wildman–Crippen LogP) is 2.78. The largest absolute Gasteiger partial charge is 0.508 e. The van der Waals surface area contributed by atoms with Crippen LogP contribution in [0.2, 0.25) is 0 Å². The first-order valence-corrected chi connectivity index (χ1v) is 6.44. The lowest BCUT2D eigenvalue weighted by atomic mass is 10.1. The summed E-state index contributed by atoms with van der Waals surface area (Å²) < 4.78 is 0. The van der Waals surface area contributed by atoms with Gasteiger partial charge in [0.05, 0.1) is 0 Å². The van der Waals surface area contributed by atoms with E-state index < -0.39 is 5.91 Å². The molecule has 0 radical (unpaired) electrons. The third-order valence-electron chi connectivity index (χ3n) is 2.45. The van der Waals surface area contributed by atoms with E-state index in [0.717, 1.165) is 16.2 Å². The highest BCUT2D eigenvalue weighted by molar-refractivity contribution is 7.98. The smallest absolute Gasteiger partial charge is 0.248 e. The van der Waals surface area contributed by atoms with Gasteiger partial charge in [0.1, 0.15) is 5.75 Å². The van der Waals surface area contributed by atoms with Crippen LogP contribution in [0.3, 0.4) is 0 Å². The first-order chi connectivity index (χ1) is 8.65. The zero-order valence-electron chi connectivity index (χ0n) is 9.67. The second-order valence-corrected chi connectivity index (χ2v) is 4.90. The average molecular weight is 259 g/mol. The number of phenolic OH excluding ortho intramolecular Hbond substituents is 1. The molecule has 0 atom stereocenters. The van der Waals surface area contributed by atoms with Crippen molar-refractivity contribution in [1.82, 2.24) is 0 Å². The quantitative estimate of drug-likeness (QED) is 0.830. The van der Waals surface area contributed by atoms with Gasteiger partial charge in [0, 0.05) is 16.2 Å². The van der Waals surface area contributed by atoms with Crippen LogP contribution in [0.5, 0.6) is 5.75 Å². The monoisotopic (exact) mass is 259 g/mol. The zero-order chi connectivity index (χ0) is 13.0. The summed E-state index contributed by atoms with van der Waals surface area (Å²) in [5.74, 6) is 0.605. The number of rotatable bonds is 4. The summed E-state index contributed by atoms with van der Waals surface area (Å²) in [6.45, 7) is 0. The molecule has 0 bridgehead atoms. The molecular formula is C14H13NO2S. The molecule has 3 N–H and O–H groups in total. The number of phenols is 1. The molecule has 0 saturated heterocycles. The molecule has 92 valence electrons. The highest BCUT2D eigenvalue weighted by Gasteiger charge is 2.02. The van der Waals surface area contributed by atoms with E-state index in [-0.39, 0.29) is 5.75 Å². The Hall–Kier alpha value is -1.94. The number of carbonyl (C=O) groups excluding carboxylic acids is 1. The normalized spacial score (nSPS) is 10.2. The van der Waals surface area contributed by atoms with Gasteiger partial charge in [-0.3, -0.25) is 4.79 Å². The van der Waals surface area contributed by atoms with Crippen LogP contribution in [0.4, 0.5) is 0 Å². The molecule has 18 heavy (non-hydrogen) atoms. The van der Waals surface area contributed by atoms with Gasteiger partial charge in [-0.05, 0) is 42.0 Å². The van der Waals surface area contributed by atoms with Gasteiger partial charge in [0.25, 0.3) is 0 Å². The number of hydrogen-bond acceptors (Lipinski definition) is 3. The molecule has 0 fully saturated rings. The molecule has 3 nitrogen and oxygen atoms in total. The van der Waals surface area contributed by atoms with Crippen molar-refractivity contribution in [3.63, 3.8) is 0 Å². The minimum absolute atomic E-state index is 0.259. The van der Waals surface area contributed by atoms with Gasteiger partial charge < -0.3 is 10.8 Å². The number of carbonyl (C=O) groups is 1. The standard InChI is InChI=1S/C14H13NO2S/c15-14(17)11-3-1-2-10(8-11)9-18-13-6-4-12(16)5-7-13/h1-8,16H,9H2,(H2,15,17). The number of hydrogen-bond donors (Lipinski definition) is 2. The molecule has 2 aromatic carbocycles. The van der Waals surface area contributed by atoms with Crippen LogP contribution in [0.25, 0.3) is 0 Å². The molecule has 0 heterocycles. The number of benzene rings is 2. The second kappa shape index (κ2) is 5.60. The number of thioether (sulfide) groups is 1. The van der Waals surface area contributed by atoms with Gasteiger partial charge in [0.15, 0.2) is 0 Å². The van der Waals surface area contributed by atoms with Crippen LogP contribution in [0.1, 0.15) is 15.9 Å².